The van der Waals surface area contributed by atoms with Crippen LogP contribution < -0.4 is 10.2 Å². The third-order valence-corrected chi connectivity index (χ3v) is 6.34. The van der Waals surface area contributed by atoms with Gasteiger partial charge in [0.2, 0.25) is 10.0 Å². The summed E-state index contributed by atoms with van der Waals surface area (Å²) in [5, 5.41) is 2.80. The van der Waals surface area contributed by atoms with Gasteiger partial charge in [-0.05, 0) is 31.2 Å². The monoisotopic (exact) mass is 374 g/mol. The number of nitrogens with one attached hydrogen (secondary N) is 2. The Morgan fingerprint density at radius 3 is 2.48 bits per heavy atom. The molecule has 1 aromatic carbocycles. The first-order chi connectivity index (χ1) is 11.9. The molecule has 1 saturated heterocycles. The Bertz CT molecular complexity index is 673. The quantitative estimate of drug-likeness (QED) is 0.592. The largest absolute Gasteiger partial charge is 0.383 e. The van der Waals surface area contributed by atoms with Crippen molar-refractivity contribution in [1.82, 2.24) is 9.62 Å². The van der Waals surface area contributed by atoms with Crippen LogP contribution in [0.2, 0.25) is 0 Å². The number of hydrogen-bond donors (Lipinski definition) is 2. The second kappa shape index (κ2) is 8.70. The van der Waals surface area contributed by atoms with Gasteiger partial charge in [0.1, 0.15) is 5.82 Å². The number of amides is 1. The fourth-order valence-electron chi connectivity index (χ4n) is 2.82. The van der Waals surface area contributed by atoms with E-state index in [1.54, 1.807) is 7.11 Å². The number of carbonyl (C=O) groups is 1. The van der Waals surface area contributed by atoms with Gasteiger partial charge < -0.3 is 15.0 Å². The van der Waals surface area contributed by atoms with Crippen molar-refractivity contribution in [3.05, 3.63) is 30.1 Å². The number of methoxy groups -OCH3 is 1. The van der Waals surface area contributed by atoms with Gasteiger partial charge >= 0.3 is 0 Å². The molecule has 2 N–H and O–H groups in total. The summed E-state index contributed by atoms with van der Waals surface area (Å²) < 4.78 is 44.4. The van der Waals surface area contributed by atoms with E-state index in [2.05, 4.69) is 5.32 Å². The molecule has 0 spiro atoms. The predicted octanol–water partition coefficient (Wildman–Crippen LogP) is -1.13. The van der Waals surface area contributed by atoms with E-state index < -0.39 is 15.8 Å². The highest BCUT2D eigenvalue weighted by atomic mass is 32.2. The van der Waals surface area contributed by atoms with Gasteiger partial charge in [0.15, 0.2) is 6.04 Å². The molecule has 9 heteroatoms. The topological polar surface area (TPSA) is 80.2 Å². The number of sulfonamides is 1. The van der Waals surface area contributed by atoms with Crippen molar-refractivity contribution in [1.29, 1.82) is 0 Å². The second-order valence-electron chi connectivity index (χ2n) is 6.02. The molecule has 1 heterocycles. The number of ether oxygens (including phenoxy) is 1. The molecular formula is C16H25FN3O4S+. The maximum atomic E-state index is 13.0. The Morgan fingerprint density at radius 1 is 1.32 bits per heavy atom. The second-order valence-corrected chi connectivity index (χ2v) is 7.96. The first-order valence-corrected chi connectivity index (χ1v) is 9.67. The fraction of sp³-hybridized carbons (Fsp3) is 0.562. The van der Waals surface area contributed by atoms with Crippen molar-refractivity contribution < 1.29 is 27.2 Å². The zero-order valence-electron chi connectivity index (χ0n) is 14.5. The minimum Gasteiger partial charge on any atom is -0.383 e. The van der Waals surface area contributed by atoms with E-state index in [1.807, 2.05) is 6.92 Å². The lowest BCUT2D eigenvalue weighted by Gasteiger charge is -2.34. The average Bonchev–Trinajstić information content (AvgIpc) is 2.61. The molecule has 0 unspecified atom stereocenters. The molecule has 7 nitrogen and oxygen atoms in total. The lowest BCUT2D eigenvalue weighted by Crippen LogP contribution is -3.19. The molecule has 0 aromatic heterocycles. The van der Waals surface area contributed by atoms with Gasteiger partial charge in [0.05, 0.1) is 37.7 Å². The molecule has 1 aromatic rings. The third kappa shape index (κ3) is 4.97. The molecule has 0 radical (unpaired) electrons. The summed E-state index contributed by atoms with van der Waals surface area (Å²) in [5.41, 5.74) is 0. The molecule has 1 amide bonds. The number of halogens is 1. The fourth-order valence-corrected chi connectivity index (χ4v) is 4.26. The van der Waals surface area contributed by atoms with E-state index in [1.165, 1.54) is 16.4 Å². The maximum absolute atomic E-state index is 13.0. The number of piperazine rings is 1. The van der Waals surface area contributed by atoms with Crippen LogP contribution in [0.4, 0.5) is 4.39 Å². The van der Waals surface area contributed by atoms with Crippen LogP contribution in [0, 0.1) is 5.82 Å². The number of hydrogen-bond acceptors (Lipinski definition) is 4. The first kappa shape index (κ1) is 19.8. The summed E-state index contributed by atoms with van der Waals surface area (Å²) in [6.45, 7) is 4.48. The van der Waals surface area contributed by atoms with Gasteiger partial charge in [-0.3, -0.25) is 4.79 Å². The molecule has 2 rings (SSSR count). The van der Waals surface area contributed by atoms with E-state index in [9.17, 15) is 17.6 Å². The van der Waals surface area contributed by atoms with Gasteiger partial charge in [-0.25, -0.2) is 12.8 Å². The summed E-state index contributed by atoms with van der Waals surface area (Å²) in [6, 6.07) is 4.57. The van der Waals surface area contributed by atoms with E-state index in [0.717, 1.165) is 17.0 Å². The minimum absolute atomic E-state index is 0.0677. The molecule has 140 valence electrons. The zero-order valence-corrected chi connectivity index (χ0v) is 15.3. The summed E-state index contributed by atoms with van der Waals surface area (Å²) in [4.78, 5) is 13.2. The van der Waals surface area contributed by atoms with E-state index in [0.29, 0.717) is 39.3 Å². The van der Waals surface area contributed by atoms with Gasteiger partial charge in [-0.1, -0.05) is 0 Å². The van der Waals surface area contributed by atoms with Crippen molar-refractivity contribution in [2.24, 2.45) is 0 Å². The Balaban J connectivity index is 1.92. The molecule has 1 atom stereocenters. The van der Waals surface area contributed by atoms with Crippen LogP contribution in [0.15, 0.2) is 29.2 Å². The highest BCUT2D eigenvalue weighted by molar-refractivity contribution is 7.89. The van der Waals surface area contributed by atoms with Crippen LogP contribution in [0.1, 0.15) is 6.92 Å². The summed E-state index contributed by atoms with van der Waals surface area (Å²) in [5.74, 6) is -0.539. The lowest BCUT2D eigenvalue weighted by atomic mass is 10.2. The maximum Gasteiger partial charge on any atom is 0.278 e. The highest BCUT2D eigenvalue weighted by Crippen LogP contribution is 2.16. The Hall–Kier alpha value is -1.55. The number of quaternary nitrogens is 1. The summed E-state index contributed by atoms with van der Waals surface area (Å²) in [6.07, 6.45) is 0. The average molecular weight is 374 g/mol. The first-order valence-electron chi connectivity index (χ1n) is 8.23. The number of rotatable bonds is 7. The molecule has 0 saturated carbocycles. The lowest BCUT2D eigenvalue weighted by molar-refractivity contribution is -0.917. The normalized spacial score (nSPS) is 18.0. The Labute approximate surface area is 147 Å². The van der Waals surface area contributed by atoms with Crippen molar-refractivity contribution in [3.8, 4) is 0 Å². The predicted molar refractivity (Wildman–Crippen MR) is 90.2 cm³/mol. The van der Waals surface area contributed by atoms with Crippen LogP contribution in [-0.2, 0) is 19.6 Å². The van der Waals surface area contributed by atoms with E-state index in [4.69, 9.17) is 4.74 Å². The molecule has 1 fully saturated rings. The standard InChI is InChI=1S/C16H24FN3O4S/c1-13(16(21)18-7-12-24-2)19-8-10-20(11-9-19)25(22,23)15-5-3-14(17)4-6-15/h3-6,13H,7-12H2,1-2H3,(H,18,21)/p+1/t13-/m1/s1. The third-order valence-electron chi connectivity index (χ3n) is 4.43. The van der Waals surface area contributed by atoms with Crippen LogP contribution in [0.3, 0.4) is 0 Å². The van der Waals surface area contributed by atoms with Crippen molar-refractivity contribution in [2.75, 3.05) is 46.4 Å². The number of nitrogens with zero attached hydrogens (tertiary/aromatic N) is 1. The van der Waals surface area contributed by atoms with E-state index in [-0.39, 0.29) is 16.8 Å². The Kier molecular flexibility index (Phi) is 6.88. The molecule has 1 aliphatic rings. The van der Waals surface area contributed by atoms with Crippen LogP contribution >= 0.6 is 0 Å². The smallest absolute Gasteiger partial charge is 0.278 e. The van der Waals surface area contributed by atoms with Gasteiger partial charge in [-0.2, -0.15) is 4.31 Å². The zero-order chi connectivity index (χ0) is 18.4. The molecule has 0 aliphatic carbocycles. The van der Waals surface area contributed by atoms with Gasteiger partial charge in [-0.15, -0.1) is 0 Å². The number of benzene rings is 1. The van der Waals surface area contributed by atoms with Gasteiger partial charge in [0, 0.05) is 13.7 Å². The van der Waals surface area contributed by atoms with Crippen molar-refractivity contribution in [2.45, 2.75) is 17.9 Å². The van der Waals surface area contributed by atoms with Crippen LogP contribution in [0.5, 0.6) is 0 Å². The van der Waals surface area contributed by atoms with Crippen LogP contribution in [0.25, 0.3) is 0 Å². The van der Waals surface area contributed by atoms with Crippen molar-refractivity contribution >= 4 is 15.9 Å². The molecular weight excluding hydrogens is 349 g/mol. The van der Waals surface area contributed by atoms with Gasteiger partial charge in [0.25, 0.3) is 5.91 Å². The van der Waals surface area contributed by atoms with Crippen molar-refractivity contribution in [3.63, 3.8) is 0 Å². The van der Waals surface area contributed by atoms with E-state index >= 15 is 0 Å². The minimum atomic E-state index is -3.63. The SMILES string of the molecule is COCCNC(=O)[C@@H](C)[NH+]1CCN(S(=O)(=O)c2ccc(F)cc2)CC1. The molecule has 0 bridgehead atoms. The Morgan fingerprint density at radius 2 is 1.92 bits per heavy atom. The number of carbonyl (C=O) groups excluding carboxylic acids is 1. The molecule has 25 heavy (non-hydrogen) atoms. The summed E-state index contributed by atoms with van der Waals surface area (Å²) in [7, 11) is -2.06. The highest BCUT2D eigenvalue weighted by Gasteiger charge is 2.34. The molecule has 1 aliphatic heterocycles. The van der Waals surface area contributed by atoms with Crippen LogP contribution in [-0.4, -0.2) is 71.1 Å². The summed E-state index contributed by atoms with van der Waals surface area (Å²) >= 11 is 0.